The Kier molecular flexibility index (Phi) is 6.77. The maximum absolute atomic E-state index is 13.8. The van der Waals surface area contributed by atoms with Crippen molar-refractivity contribution in [2.45, 2.75) is 0 Å². The molecule has 2 amide bonds. The molecule has 0 spiro atoms. The van der Waals surface area contributed by atoms with Crippen LogP contribution < -0.4 is 15.4 Å². The molecule has 4 rings (SSSR count). The summed E-state index contributed by atoms with van der Waals surface area (Å²) in [6.07, 6.45) is 3.17. The fourth-order valence-electron chi connectivity index (χ4n) is 3.34. The number of carbonyl (C=O) groups is 2. The lowest BCUT2D eigenvalue weighted by atomic mass is 10.1. The Morgan fingerprint density at radius 1 is 0.912 bits per heavy atom. The number of anilines is 2. The first kappa shape index (κ1) is 23.2. The molecule has 34 heavy (non-hydrogen) atoms. The molecular formula is C25H18Cl2N4O3. The van der Waals surface area contributed by atoms with Gasteiger partial charge in [0.15, 0.2) is 0 Å². The highest BCUT2D eigenvalue weighted by Crippen LogP contribution is 2.35. The second-order valence-electron chi connectivity index (χ2n) is 7.14. The lowest BCUT2D eigenvalue weighted by molar-refractivity contribution is 0.0988. The second-order valence-corrected chi connectivity index (χ2v) is 7.95. The summed E-state index contributed by atoms with van der Waals surface area (Å²) < 4.78 is 5.14. The van der Waals surface area contributed by atoms with Gasteiger partial charge >= 0.3 is 0 Å². The van der Waals surface area contributed by atoms with Gasteiger partial charge < -0.3 is 10.5 Å². The van der Waals surface area contributed by atoms with E-state index in [-0.39, 0.29) is 16.1 Å². The van der Waals surface area contributed by atoms with E-state index >= 15 is 0 Å². The third kappa shape index (κ3) is 4.71. The van der Waals surface area contributed by atoms with E-state index in [4.69, 9.17) is 33.7 Å². The van der Waals surface area contributed by atoms with Gasteiger partial charge in [0.2, 0.25) is 11.8 Å². The number of amides is 2. The molecule has 0 radical (unpaired) electrons. The van der Waals surface area contributed by atoms with Crippen LogP contribution in [0.5, 0.6) is 5.88 Å². The minimum atomic E-state index is -0.644. The molecule has 0 unspecified atom stereocenters. The van der Waals surface area contributed by atoms with Crippen molar-refractivity contribution >= 4 is 46.4 Å². The number of methoxy groups -OCH3 is 1. The molecule has 2 N–H and O–H groups in total. The average molecular weight is 493 g/mol. The molecule has 4 aromatic rings. The van der Waals surface area contributed by atoms with E-state index in [0.29, 0.717) is 33.5 Å². The van der Waals surface area contributed by atoms with Crippen molar-refractivity contribution in [2.75, 3.05) is 12.0 Å². The Labute approximate surface area is 205 Å². The summed E-state index contributed by atoms with van der Waals surface area (Å²) in [5, 5.41) is 0.568. The minimum absolute atomic E-state index is 0.0895. The van der Waals surface area contributed by atoms with Gasteiger partial charge in [0.05, 0.1) is 46.0 Å². The molecule has 9 heteroatoms. The Bertz CT molecular complexity index is 1360. The molecule has 2 heterocycles. The van der Waals surface area contributed by atoms with Crippen molar-refractivity contribution in [3.05, 3.63) is 100 Å². The van der Waals surface area contributed by atoms with Crippen molar-refractivity contribution in [2.24, 2.45) is 5.73 Å². The quantitative estimate of drug-likeness (QED) is 0.381. The van der Waals surface area contributed by atoms with E-state index < -0.39 is 11.8 Å². The van der Waals surface area contributed by atoms with Crippen molar-refractivity contribution in [1.82, 2.24) is 9.97 Å². The fraction of sp³-hybridized carbons (Fsp3) is 0.0400. The molecule has 0 fully saturated rings. The SMILES string of the molecule is COc1ccc(N(C(=O)c2ccc(C(N)=O)cc2Cl)c2ccc(Cl)c(-c3ccccn3)c2)cn1. The fourth-order valence-corrected chi connectivity index (χ4v) is 3.82. The molecule has 0 aliphatic heterocycles. The Morgan fingerprint density at radius 3 is 2.32 bits per heavy atom. The highest BCUT2D eigenvalue weighted by molar-refractivity contribution is 6.35. The molecule has 7 nitrogen and oxygen atoms in total. The molecule has 0 saturated heterocycles. The summed E-state index contributed by atoms with van der Waals surface area (Å²) in [4.78, 5) is 35.3. The van der Waals surface area contributed by atoms with Gasteiger partial charge in [-0.15, -0.1) is 0 Å². The molecule has 0 aliphatic rings. The van der Waals surface area contributed by atoms with Crippen LogP contribution in [0, 0.1) is 0 Å². The van der Waals surface area contributed by atoms with E-state index in [9.17, 15) is 9.59 Å². The minimum Gasteiger partial charge on any atom is -0.481 e. The number of rotatable bonds is 6. The molecule has 0 atom stereocenters. The van der Waals surface area contributed by atoms with E-state index in [1.54, 1.807) is 42.6 Å². The third-order valence-electron chi connectivity index (χ3n) is 5.02. The summed E-state index contributed by atoms with van der Waals surface area (Å²) in [5.41, 5.74) is 7.99. The highest BCUT2D eigenvalue weighted by Gasteiger charge is 2.24. The number of carbonyl (C=O) groups excluding carboxylic acids is 2. The lowest BCUT2D eigenvalue weighted by Gasteiger charge is -2.24. The lowest BCUT2D eigenvalue weighted by Crippen LogP contribution is -2.26. The third-order valence-corrected chi connectivity index (χ3v) is 5.67. The van der Waals surface area contributed by atoms with Crippen LogP contribution in [0.2, 0.25) is 10.0 Å². The van der Waals surface area contributed by atoms with E-state index in [0.717, 1.165) is 0 Å². The maximum atomic E-state index is 13.8. The monoisotopic (exact) mass is 492 g/mol. The molecule has 0 bridgehead atoms. The first-order valence-electron chi connectivity index (χ1n) is 10.0. The molecular weight excluding hydrogens is 475 g/mol. The molecule has 2 aromatic heterocycles. The zero-order valence-electron chi connectivity index (χ0n) is 17.9. The van der Waals surface area contributed by atoms with Crippen molar-refractivity contribution in [3.8, 4) is 17.1 Å². The number of hydrogen-bond donors (Lipinski definition) is 1. The van der Waals surface area contributed by atoms with Crippen LogP contribution >= 0.6 is 23.2 Å². The summed E-state index contributed by atoms with van der Waals surface area (Å²) in [7, 11) is 1.50. The summed E-state index contributed by atoms with van der Waals surface area (Å²) >= 11 is 12.8. The Balaban J connectivity index is 1.86. The van der Waals surface area contributed by atoms with Gasteiger partial charge in [-0.1, -0.05) is 29.3 Å². The number of benzene rings is 2. The summed E-state index contributed by atoms with van der Waals surface area (Å²) in [6, 6.07) is 18.3. The summed E-state index contributed by atoms with van der Waals surface area (Å²) in [5.74, 6) is -0.692. The van der Waals surface area contributed by atoms with Crippen LogP contribution in [0.4, 0.5) is 11.4 Å². The van der Waals surface area contributed by atoms with Gasteiger partial charge in [0.25, 0.3) is 5.91 Å². The largest absolute Gasteiger partial charge is 0.481 e. The van der Waals surface area contributed by atoms with Crippen LogP contribution in [-0.2, 0) is 0 Å². The topological polar surface area (TPSA) is 98.4 Å². The number of primary amides is 1. The number of pyridine rings is 2. The smallest absolute Gasteiger partial charge is 0.264 e. The number of nitrogens with zero attached hydrogens (tertiary/aromatic N) is 3. The van der Waals surface area contributed by atoms with Crippen LogP contribution in [0.25, 0.3) is 11.3 Å². The van der Waals surface area contributed by atoms with Crippen molar-refractivity contribution < 1.29 is 14.3 Å². The Morgan fingerprint density at radius 2 is 1.71 bits per heavy atom. The predicted molar refractivity (Wildman–Crippen MR) is 132 cm³/mol. The first-order valence-corrected chi connectivity index (χ1v) is 10.8. The summed E-state index contributed by atoms with van der Waals surface area (Å²) in [6.45, 7) is 0. The van der Waals surface area contributed by atoms with E-state index in [1.165, 1.54) is 36.4 Å². The molecule has 2 aromatic carbocycles. The van der Waals surface area contributed by atoms with Crippen LogP contribution in [0.15, 0.2) is 79.1 Å². The maximum Gasteiger partial charge on any atom is 0.264 e. The highest BCUT2D eigenvalue weighted by atomic mass is 35.5. The predicted octanol–water partition coefficient (Wildman–Crippen LogP) is 5.54. The Hall–Kier alpha value is -3.94. The van der Waals surface area contributed by atoms with Crippen LogP contribution in [-0.4, -0.2) is 28.9 Å². The van der Waals surface area contributed by atoms with E-state index in [1.807, 2.05) is 12.1 Å². The van der Waals surface area contributed by atoms with E-state index in [2.05, 4.69) is 9.97 Å². The zero-order chi connectivity index (χ0) is 24.2. The first-order chi connectivity index (χ1) is 16.4. The van der Waals surface area contributed by atoms with Gasteiger partial charge in [-0.3, -0.25) is 19.5 Å². The zero-order valence-corrected chi connectivity index (χ0v) is 19.4. The van der Waals surface area contributed by atoms with Gasteiger partial charge in [-0.25, -0.2) is 4.98 Å². The molecule has 0 aliphatic carbocycles. The second kappa shape index (κ2) is 9.91. The van der Waals surface area contributed by atoms with Gasteiger partial charge in [0, 0.05) is 23.4 Å². The number of halogens is 2. The number of nitrogens with two attached hydrogens (primary N) is 1. The van der Waals surface area contributed by atoms with Crippen molar-refractivity contribution in [3.63, 3.8) is 0 Å². The van der Waals surface area contributed by atoms with Crippen LogP contribution in [0.1, 0.15) is 20.7 Å². The average Bonchev–Trinajstić information content (AvgIpc) is 2.86. The normalized spacial score (nSPS) is 10.6. The molecule has 0 saturated carbocycles. The van der Waals surface area contributed by atoms with Crippen molar-refractivity contribution in [1.29, 1.82) is 0 Å². The van der Waals surface area contributed by atoms with Gasteiger partial charge in [-0.2, -0.15) is 0 Å². The van der Waals surface area contributed by atoms with Gasteiger partial charge in [-0.05, 0) is 54.6 Å². The van der Waals surface area contributed by atoms with Crippen LogP contribution in [0.3, 0.4) is 0 Å². The molecule has 170 valence electrons. The standard InChI is InChI=1S/C25H18Cl2N4O3/c1-34-23-10-7-17(14-30-23)31(25(33)18-8-5-15(24(28)32)12-21(18)27)16-6-9-20(26)19(13-16)22-4-2-3-11-29-22/h2-14H,1H3,(H2,28,32). The number of ether oxygens (including phenoxy) is 1. The number of aromatic nitrogens is 2. The number of hydrogen-bond acceptors (Lipinski definition) is 5. The van der Waals surface area contributed by atoms with Gasteiger partial charge in [0.1, 0.15) is 0 Å².